The maximum Gasteiger partial charge on any atom is 0.253 e. The van der Waals surface area contributed by atoms with E-state index >= 15 is 0 Å². The molecule has 2 aromatic rings. The van der Waals surface area contributed by atoms with Crippen LogP contribution in [0.5, 0.6) is 0 Å². The fourth-order valence-electron chi connectivity index (χ4n) is 1.98. The lowest BCUT2D eigenvalue weighted by atomic mass is 10.1. The van der Waals surface area contributed by atoms with Gasteiger partial charge in [0.05, 0.1) is 5.56 Å². The number of unbranched alkanes of at least 4 members (excludes halogenated alkanes) is 2. The van der Waals surface area contributed by atoms with Crippen LogP contribution in [0.15, 0.2) is 24.4 Å². The van der Waals surface area contributed by atoms with Crippen molar-refractivity contribution in [2.75, 3.05) is 12.3 Å². The molecule has 0 unspecified atom stereocenters. The lowest BCUT2D eigenvalue weighted by molar-refractivity contribution is 0.0955. The number of carbonyl (C=O) groups excluding carboxylic acids is 1. The fourth-order valence-corrected chi connectivity index (χ4v) is 1.98. The summed E-state index contributed by atoms with van der Waals surface area (Å²) in [5, 5.41) is 3.74. The van der Waals surface area contributed by atoms with Crippen molar-refractivity contribution in [1.29, 1.82) is 0 Å². The van der Waals surface area contributed by atoms with E-state index in [1.807, 2.05) is 6.07 Å². The Morgan fingerprint density at radius 1 is 1.42 bits per heavy atom. The smallest absolute Gasteiger partial charge is 0.253 e. The Labute approximate surface area is 112 Å². The second-order valence-corrected chi connectivity index (χ2v) is 4.42. The number of benzene rings is 1. The first-order valence-electron chi connectivity index (χ1n) is 6.30. The molecule has 4 N–H and O–H groups in total. The van der Waals surface area contributed by atoms with Crippen molar-refractivity contribution >= 4 is 22.5 Å². The Morgan fingerprint density at radius 2 is 2.26 bits per heavy atom. The van der Waals surface area contributed by atoms with Gasteiger partial charge >= 0.3 is 0 Å². The van der Waals surface area contributed by atoms with E-state index in [4.69, 9.17) is 12.2 Å². The molecule has 1 aromatic heterocycles. The largest absolute Gasteiger partial charge is 0.399 e. The highest BCUT2D eigenvalue weighted by atomic mass is 16.1. The maximum atomic E-state index is 12.1. The molecule has 0 atom stereocenters. The number of rotatable bonds is 5. The third-order valence-electron chi connectivity index (χ3n) is 2.98. The standard InChI is InChI=1S/C15H17N3O/c1-2-3-4-5-8-17-15(19)13-10-18-14-7-6-11(16)9-12(13)14/h1,6-7,9-10,18H,3-5,8,16H2,(H,17,19). The van der Waals surface area contributed by atoms with Crippen LogP contribution in [0, 0.1) is 12.3 Å². The van der Waals surface area contributed by atoms with Gasteiger partial charge in [-0.05, 0) is 31.0 Å². The van der Waals surface area contributed by atoms with E-state index in [1.54, 1.807) is 18.3 Å². The number of terminal acetylenes is 1. The monoisotopic (exact) mass is 255 g/mol. The molecule has 0 aliphatic carbocycles. The van der Waals surface area contributed by atoms with Crippen molar-refractivity contribution in [1.82, 2.24) is 10.3 Å². The molecule has 0 saturated carbocycles. The second kappa shape index (κ2) is 5.96. The molecule has 0 radical (unpaired) electrons. The van der Waals surface area contributed by atoms with Crippen molar-refractivity contribution in [2.45, 2.75) is 19.3 Å². The number of carbonyl (C=O) groups is 1. The van der Waals surface area contributed by atoms with E-state index in [0.717, 1.165) is 30.2 Å². The Kier molecular flexibility index (Phi) is 4.09. The van der Waals surface area contributed by atoms with Crippen LogP contribution < -0.4 is 11.1 Å². The van der Waals surface area contributed by atoms with Gasteiger partial charge in [-0.25, -0.2) is 0 Å². The van der Waals surface area contributed by atoms with Crippen molar-refractivity contribution < 1.29 is 4.79 Å². The Morgan fingerprint density at radius 3 is 3.05 bits per heavy atom. The van der Waals surface area contributed by atoms with Crippen LogP contribution in [0.25, 0.3) is 10.9 Å². The van der Waals surface area contributed by atoms with Gasteiger partial charge in [0.25, 0.3) is 5.91 Å². The highest BCUT2D eigenvalue weighted by Gasteiger charge is 2.11. The normalized spacial score (nSPS) is 10.3. The van der Waals surface area contributed by atoms with Crippen molar-refractivity contribution in [3.8, 4) is 12.3 Å². The molecule has 0 saturated heterocycles. The predicted octanol–water partition coefficient (Wildman–Crippen LogP) is 2.28. The zero-order valence-corrected chi connectivity index (χ0v) is 10.7. The number of nitrogens with two attached hydrogens (primary N) is 1. The molecule has 98 valence electrons. The topological polar surface area (TPSA) is 70.9 Å². The zero-order valence-electron chi connectivity index (χ0n) is 10.7. The minimum absolute atomic E-state index is 0.0856. The number of fused-ring (bicyclic) bond motifs is 1. The third-order valence-corrected chi connectivity index (χ3v) is 2.98. The Balaban J connectivity index is 2.01. The SMILES string of the molecule is C#CCCCCNC(=O)c1c[nH]c2ccc(N)cc12. The molecule has 0 aliphatic rings. The second-order valence-electron chi connectivity index (χ2n) is 4.42. The van der Waals surface area contributed by atoms with Gasteiger partial charge in [0.1, 0.15) is 0 Å². The molecule has 19 heavy (non-hydrogen) atoms. The summed E-state index contributed by atoms with van der Waals surface area (Å²) in [5.41, 5.74) is 7.92. The third kappa shape index (κ3) is 3.08. The molecule has 4 nitrogen and oxygen atoms in total. The lowest BCUT2D eigenvalue weighted by Gasteiger charge is -2.03. The van der Waals surface area contributed by atoms with E-state index in [-0.39, 0.29) is 5.91 Å². The van der Waals surface area contributed by atoms with Crippen molar-refractivity contribution in [3.05, 3.63) is 30.0 Å². The Hall–Kier alpha value is -2.41. The van der Waals surface area contributed by atoms with E-state index in [2.05, 4.69) is 16.2 Å². The van der Waals surface area contributed by atoms with E-state index < -0.39 is 0 Å². The summed E-state index contributed by atoms with van der Waals surface area (Å²) in [6.07, 6.45) is 9.45. The van der Waals surface area contributed by atoms with Gasteiger partial charge in [-0.3, -0.25) is 4.79 Å². The molecule has 1 amide bonds. The molecule has 0 spiro atoms. The lowest BCUT2D eigenvalue weighted by Crippen LogP contribution is -2.24. The van der Waals surface area contributed by atoms with Crippen LogP contribution >= 0.6 is 0 Å². The number of nitrogen functional groups attached to an aromatic ring is 1. The first-order chi connectivity index (χ1) is 9.22. The first-order valence-corrected chi connectivity index (χ1v) is 6.30. The van der Waals surface area contributed by atoms with E-state index in [0.29, 0.717) is 17.8 Å². The highest BCUT2D eigenvalue weighted by molar-refractivity contribution is 6.07. The minimum atomic E-state index is -0.0856. The average Bonchev–Trinajstić information content (AvgIpc) is 2.81. The number of nitrogens with one attached hydrogen (secondary N) is 2. The average molecular weight is 255 g/mol. The molecule has 2 rings (SSSR count). The molecule has 1 heterocycles. The van der Waals surface area contributed by atoms with Gasteiger partial charge in [-0.2, -0.15) is 0 Å². The number of hydrogen-bond acceptors (Lipinski definition) is 2. The van der Waals surface area contributed by atoms with Crippen LogP contribution in [-0.4, -0.2) is 17.4 Å². The Bertz CT molecular complexity index is 622. The summed E-state index contributed by atoms with van der Waals surface area (Å²) < 4.78 is 0. The van der Waals surface area contributed by atoms with Crippen LogP contribution in [0.1, 0.15) is 29.6 Å². The number of aromatic nitrogens is 1. The zero-order chi connectivity index (χ0) is 13.7. The van der Waals surface area contributed by atoms with Gasteiger partial charge < -0.3 is 16.0 Å². The minimum Gasteiger partial charge on any atom is -0.399 e. The van der Waals surface area contributed by atoms with Gasteiger partial charge in [-0.1, -0.05) is 0 Å². The highest BCUT2D eigenvalue weighted by Crippen LogP contribution is 2.20. The summed E-state index contributed by atoms with van der Waals surface area (Å²) in [6.45, 7) is 0.634. The summed E-state index contributed by atoms with van der Waals surface area (Å²) in [6, 6.07) is 5.48. The van der Waals surface area contributed by atoms with Crippen LogP contribution in [0.2, 0.25) is 0 Å². The summed E-state index contributed by atoms with van der Waals surface area (Å²) in [7, 11) is 0. The van der Waals surface area contributed by atoms with Crippen LogP contribution in [0.3, 0.4) is 0 Å². The van der Waals surface area contributed by atoms with Crippen molar-refractivity contribution in [2.24, 2.45) is 0 Å². The molecular weight excluding hydrogens is 238 g/mol. The molecular formula is C15H17N3O. The van der Waals surface area contributed by atoms with Gasteiger partial charge in [0, 0.05) is 35.8 Å². The molecule has 0 bridgehead atoms. The van der Waals surface area contributed by atoms with Gasteiger partial charge in [-0.15, -0.1) is 12.3 Å². The fraction of sp³-hybridized carbons (Fsp3) is 0.267. The predicted molar refractivity (Wildman–Crippen MR) is 77.7 cm³/mol. The number of hydrogen-bond donors (Lipinski definition) is 3. The number of H-pyrrole nitrogens is 1. The molecule has 1 aromatic carbocycles. The molecule has 0 aliphatic heterocycles. The quantitative estimate of drug-likeness (QED) is 0.436. The first kappa shape index (κ1) is 13.0. The number of anilines is 1. The summed E-state index contributed by atoms with van der Waals surface area (Å²) in [4.78, 5) is 15.1. The number of aromatic amines is 1. The van der Waals surface area contributed by atoms with Gasteiger partial charge in [0.15, 0.2) is 0 Å². The summed E-state index contributed by atoms with van der Waals surface area (Å²) >= 11 is 0. The van der Waals surface area contributed by atoms with Crippen molar-refractivity contribution in [3.63, 3.8) is 0 Å². The van der Waals surface area contributed by atoms with Crippen LogP contribution in [-0.2, 0) is 0 Å². The van der Waals surface area contributed by atoms with Crippen LogP contribution in [0.4, 0.5) is 5.69 Å². The van der Waals surface area contributed by atoms with Gasteiger partial charge in [0.2, 0.25) is 0 Å². The maximum absolute atomic E-state index is 12.1. The molecule has 4 heteroatoms. The summed E-state index contributed by atoms with van der Waals surface area (Å²) in [5.74, 6) is 2.50. The molecule has 0 fully saturated rings. The van der Waals surface area contributed by atoms with E-state index in [9.17, 15) is 4.79 Å². The number of amides is 1. The van der Waals surface area contributed by atoms with E-state index in [1.165, 1.54) is 0 Å².